The minimum Gasteiger partial charge on any atom is -0.367 e. The highest BCUT2D eigenvalue weighted by molar-refractivity contribution is 5.26. The second-order valence-corrected chi connectivity index (χ2v) is 4.92. The highest BCUT2D eigenvalue weighted by Crippen LogP contribution is 2.33. The molecule has 1 aromatic heterocycles. The molecular formula is C13H21N3O. The molecule has 94 valence electrons. The maximum Gasteiger partial charge on any atom is 0.160 e. The van der Waals surface area contributed by atoms with Gasteiger partial charge in [-0.05, 0) is 52.1 Å². The van der Waals surface area contributed by atoms with Crippen LogP contribution in [0.25, 0.3) is 0 Å². The van der Waals surface area contributed by atoms with Crippen molar-refractivity contribution < 1.29 is 4.74 Å². The van der Waals surface area contributed by atoms with E-state index in [2.05, 4.69) is 16.9 Å². The van der Waals surface area contributed by atoms with Crippen molar-refractivity contribution in [3.8, 4) is 0 Å². The molecular weight excluding hydrogens is 214 g/mol. The third-order valence-electron chi connectivity index (χ3n) is 3.51. The number of rotatable bonds is 3. The first-order valence-electron chi connectivity index (χ1n) is 6.25. The average molecular weight is 235 g/mol. The van der Waals surface area contributed by atoms with Gasteiger partial charge in [0, 0.05) is 18.0 Å². The number of aryl methyl sites for hydroxylation is 2. The van der Waals surface area contributed by atoms with Crippen molar-refractivity contribution in [2.45, 2.75) is 45.6 Å². The van der Waals surface area contributed by atoms with Crippen LogP contribution in [-0.2, 0) is 16.8 Å². The Hall–Kier alpha value is -1.00. The fourth-order valence-electron chi connectivity index (χ4n) is 2.44. The van der Waals surface area contributed by atoms with Crippen LogP contribution in [0.1, 0.15) is 42.5 Å². The van der Waals surface area contributed by atoms with E-state index >= 15 is 0 Å². The quantitative estimate of drug-likeness (QED) is 0.864. The van der Waals surface area contributed by atoms with Gasteiger partial charge in [-0.25, -0.2) is 9.97 Å². The Balaban J connectivity index is 2.38. The van der Waals surface area contributed by atoms with Crippen LogP contribution in [0.5, 0.6) is 0 Å². The van der Waals surface area contributed by atoms with E-state index in [4.69, 9.17) is 10.5 Å². The summed E-state index contributed by atoms with van der Waals surface area (Å²) in [6.45, 7) is 7.58. The van der Waals surface area contributed by atoms with E-state index < -0.39 is 0 Å². The second kappa shape index (κ2) is 4.70. The van der Waals surface area contributed by atoms with Crippen LogP contribution >= 0.6 is 0 Å². The third kappa shape index (κ3) is 2.33. The Kier molecular flexibility index (Phi) is 3.45. The minimum atomic E-state index is -0.295. The van der Waals surface area contributed by atoms with Crippen molar-refractivity contribution in [1.29, 1.82) is 0 Å². The molecule has 17 heavy (non-hydrogen) atoms. The smallest absolute Gasteiger partial charge is 0.160 e. The fraction of sp³-hybridized carbons (Fsp3) is 0.692. The molecule has 1 unspecified atom stereocenters. The van der Waals surface area contributed by atoms with Crippen LogP contribution in [-0.4, -0.2) is 23.1 Å². The minimum absolute atomic E-state index is 0.295. The molecule has 2 heterocycles. The van der Waals surface area contributed by atoms with Gasteiger partial charge in [-0.1, -0.05) is 0 Å². The summed E-state index contributed by atoms with van der Waals surface area (Å²) in [5.74, 6) is 0.825. The van der Waals surface area contributed by atoms with Gasteiger partial charge in [-0.3, -0.25) is 0 Å². The van der Waals surface area contributed by atoms with E-state index in [1.54, 1.807) is 0 Å². The highest BCUT2D eigenvalue weighted by atomic mass is 16.5. The van der Waals surface area contributed by atoms with Crippen molar-refractivity contribution in [2.75, 3.05) is 13.2 Å². The van der Waals surface area contributed by atoms with Crippen molar-refractivity contribution >= 4 is 0 Å². The summed E-state index contributed by atoms with van der Waals surface area (Å²) in [5.41, 5.74) is 8.56. The molecule has 1 aliphatic heterocycles. The van der Waals surface area contributed by atoms with E-state index in [1.807, 2.05) is 13.8 Å². The molecule has 0 bridgehead atoms. The first kappa shape index (κ1) is 12.5. The lowest BCUT2D eigenvalue weighted by Crippen LogP contribution is -2.25. The lowest BCUT2D eigenvalue weighted by molar-refractivity contribution is 0.00902. The predicted octanol–water partition coefficient (Wildman–Crippen LogP) is 1.62. The topological polar surface area (TPSA) is 61.0 Å². The van der Waals surface area contributed by atoms with E-state index in [9.17, 15) is 0 Å². The van der Waals surface area contributed by atoms with Crippen molar-refractivity contribution in [2.24, 2.45) is 5.73 Å². The fourth-order valence-corrected chi connectivity index (χ4v) is 2.44. The number of ether oxygens (including phenoxy) is 1. The third-order valence-corrected chi connectivity index (χ3v) is 3.51. The molecule has 1 fully saturated rings. The van der Waals surface area contributed by atoms with Gasteiger partial charge in [-0.2, -0.15) is 0 Å². The summed E-state index contributed by atoms with van der Waals surface area (Å²) in [6.07, 6.45) is 2.93. The molecule has 1 saturated heterocycles. The SMILES string of the molecule is Cc1nc(C2(C)CCCO2)nc(C)c1CCN. The van der Waals surface area contributed by atoms with Gasteiger partial charge in [0.1, 0.15) is 5.60 Å². The normalized spacial score (nSPS) is 24.2. The largest absolute Gasteiger partial charge is 0.367 e. The lowest BCUT2D eigenvalue weighted by atomic mass is 10.0. The number of nitrogens with two attached hydrogens (primary N) is 1. The summed E-state index contributed by atoms with van der Waals surface area (Å²) < 4.78 is 5.79. The molecule has 4 nitrogen and oxygen atoms in total. The van der Waals surface area contributed by atoms with Gasteiger partial charge >= 0.3 is 0 Å². The predicted molar refractivity (Wildman–Crippen MR) is 66.8 cm³/mol. The first-order chi connectivity index (χ1) is 8.07. The molecule has 0 saturated carbocycles. The van der Waals surface area contributed by atoms with E-state index in [0.29, 0.717) is 6.54 Å². The zero-order valence-electron chi connectivity index (χ0n) is 10.9. The molecule has 0 amide bonds. The summed E-state index contributed by atoms with van der Waals surface area (Å²) in [6, 6.07) is 0. The summed E-state index contributed by atoms with van der Waals surface area (Å²) >= 11 is 0. The van der Waals surface area contributed by atoms with Gasteiger partial charge in [0.2, 0.25) is 0 Å². The zero-order chi connectivity index (χ0) is 12.5. The summed E-state index contributed by atoms with van der Waals surface area (Å²) in [5, 5.41) is 0. The van der Waals surface area contributed by atoms with E-state index in [1.165, 1.54) is 5.56 Å². The van der Waals surface area contributed by atoms with E-state index in [0.717, 1.165) is 43.1 Å². The molecule has 1 atom stereocenters. The van der Waals surface area contributed by atoms with Crippen molar-refractivity contribution in [1.82, 2.24) is 9.97 Å². The Morgan fingerprint density at radius 3 is 2.41 bits per heavy atom. The molecule has 0 aromatic carbocycles. The molecule has 0 aliphatic carbocycles. The number of hydrogen-bond acceptors (Lipinski definition) is 4. The van der Waals surface area contributed by atoms with Gasteiger partial charge in [0.25, 0.3) is 0 Å². The zero-order valence-corrected chi connectivity index (χ0v) is 10.9. The standard InChI is InChI=1S/C13H21N3O/c1-9-11(5-7-14)10(2)16-12(15-9)13(3)6-4-8-17-13/h4-8,14H2,1-3H3. The Labute approximate surface area is 103 Å². The molecule has 1 aliphatic rings. The Morgan fingerprint density at radius 1 is 1.29 bits per heavy atom. The van der Waals surface area contributed by atoms with Gasteiger partial charge in [0.05, 0.1) is 0 Å². The first-order valence-corrected chi connectivity index (χ1v) is 6.25. The van der Waals surface area contributed by atoms with Crippen LogP contribution in [0.15, 0.2) is 0 Å². The van der Waals surface area contributed by atoms with Gasteiger partial charge < -0.3 is 10.5 Å². The number of nitrogens with zero attached hydrogens (tertiary/aromatic N) is 2. The Morgan fingerprint density at radius 2 is 1.94 bits per heavy atom. The summed E-state index contributed by atoms with van der Waals surface area (Å²) in [7, 11) is 0. The van der Waals surface area contributed by atoms with Gasteiger partial charge in [-0.15, -0.1) is 0 Å². The van der Waals surface area contributed by atoms with Crippen LogP contribution in [0.4, 0.5) is 0 Å². The molecule has 1 aromatic rings. The van der Waals surface area contributed by atoms with Crippen LogP contribution in [0.3, 0.4) is 0 Å². The van der Waals surface area contributed by atoms with Crippen molar-refractivity contribution in [3.05, 3.63) is 22.8 Å². The summed E-state index contributed by atoms with van der Waals surface area (Å²) in [4.78, 5) is 9.23. The Bertz CT molecular complexity index is 388. The molecule has 0 spiro atoms. The monoisotopic (exact) mass is 235 g/mol. The van der Waals surface area contributed by atoms with Gasteiger partial charge in [0.15, 0.2) is 5.82 Å². The van der Waals surface area contributed by atoms with Crippen molar-refractivity contribution in [3.63, 3.8) is 0 Å². The highest BCUT2D eigenvalue weighted by Gasteiger charge is 2.35. The maximum absolute atomic E-state index is 5.79. The van der Waals surface area contributed by atoms with Crippen LogP contribution < -0.4 is 5.73 Å². The molecule has 0 radical (unpaired) electrons. The molecule has 2 N–H and O–H groups in total. The van der Waals surface area contributed by atoms with Crippen LogP contribution in [0, 0.1) is 13.8 Å². The molecule has 2 rings (SSSR count). The van der Waals surface area contributed by atoms with E-state index in [-0.39, 0.29) is 5.60 Å². The molecule has 4 heteroatoms. The number of aromatic nitrogens is 2. The lowest BCUT2D eigenvalue weighted by Gasteiger charge is -2.23. The average Bonchev–Trinajstić information content (AvgIpc) is 2.72. The second-order valence-electron chi connectivity index (χ2n) is 4.92. The number of hydrogen-bond donors (Lipinski definition) is 1. The van der Waals surface area contributed by atoms with Crippen LogP contribution in [0.2, 0.25) is 0 Å². The maximum atomic E-state index is 5.79.